The molecule has 0 saturated heterocycles. The summed E-state index contributed by atoms with van der Waals surface area (Å²) in [5, 5.41) is 25.2. The van der Waals surface area contributed by atoms with Crippen molar-refractivity contribution in [2.45, 2.75) is 0 Å². The Labute approximate surface area is 288 Å². The summed E-state index contributed by atoms with van der Waals surface area (Å²) >= 11 is 0. The van der Waals surface area contributed by atoms with E-state index in [1.165, 1.54) is 0 Å². The molecular formula is C45H25N5. The molecule has 0 N–H and O–H groups in total. The SMILES string of the molecule is [C-]#[N+]c1ccc2c(c1)c1ccccc1n2-c1ccccc1-c1ccc(-c2cc(-n3c4ccccc4c4ccccc43)ccc2C#N)c(C#N)c1. The first kappa shape index (κ1) is 28.8. The lowest BCUT2D eigenvalue weighted by atomic mass is 9.92. The number of rotatable bonds is 4. The van der Waals surface area contributed by atoms with E-state index in [4.69, 9.17) is 6.57 Å². The zero-order valence-electron chi connectivity index (χ0n) is 26.7. The molecule has 0 atom stereocenters. The number of nitriles is 2. The van der Waals surface area contributed by atoms with Crippen LogP contribution in [-0.4, -0.2) is 9.13 Å². The van der Waals surface area contributed by atoms with E-state index in [2.05, 4.69) is 86.8 Å². The third-order valence-corrected chi connectivity index (χ3v) is 9.63. The standard InChI is InChI=1S/C45H25N5/c1-48-32-20-23-45-40(25-32)38-13-5-9-17-44(38)50(45)41-14-6-2-10-35(41)29-19-22-34(31(24-29)28-47)39-26-33(21-18-30(39)27-46)49-42-15-7-3-11-36(42)37-12-4-8-16-43(37)49/h2-26H. The van der Waals surface area contributed by atoms with Crippen LogP contribution in [0.5, 0.6) is 0 Å². The minimum atomic E-state index is 0.483. The fourth-order valence-electron chi connectivity index (χ4n) is 7.43. The number of para-hydroxylation sites is 4. The van der Waals surface area contributed by atoms with Crippen molar-refractivity contribution >= 4 is 49.3 Å². The van der Waals surface area contributed by atoms with Crippen LogP contribution in [0, 0.1) is 29.2 Å². The van der Waals surface area contributed by atoms with E-state index in [1.54, 1.807) is 0 Å². The van der Waals surface area contributed by atoms with Crippen LogP contribution in [0.4, 0.5) is 5.69 Å². The smallest absolute Gasteiger partial charge is 0.188 e. The van der Waals surface area contributed by atoms with E-state index >= 15 is 0 Å². The van der Waals surface area contributed by atoms with Crippen molar-refractivity contribution in [2.75, 3.05) is 0 Å². The lowest BCUT2D eigenvalue weighted by Crippen LogP contribution is -1.98. The van der Waals surface area contributed by atoms with Gasteiger partial charge in [-0.1, -0.05) is 91.0 Å². The van der Waals surface area contributed by atoms with Crippen LogP contribution in [0.1, 0.15) is 11.1 Å². The monoisotopic (exact) mass is 635 g/mol. The average Bonchev–Trinajstić information content (AvgIpc) is 3.70. The van der Waals surface area contributed by atoms with Gasteiger partial charge >= 0.3 is 0 Å². The van der Waals surface area contributed by atoms with E-state index in [0.717, 1.165) is 66.1 Å². The Kier molecular flexibility index (Phi) is 6.56. The fourth-order valence-corrected chi connectivity index (χ4v) is 7.43. The molecule has 5 heteroatoms. The maximum absolute atomic E-state index is 10.6. The second-order valence-electron chi connectivity index (χ2n) is 12.3. The molecule has 0 bridgehead atoms. The Bertz CT molecular complexity index is 2920. The Balaban J connectivity index is 1.22. The summed E-state index contributed by atoms with van der Waals surface area (Å²) in [7, 11) is 0. The summed E-state index contributed by atoms with van der Waals surface area (Å²) in [6, 6.07) is 55.5. The van der Waals surface area contributed by atoms with Crippen molar-refractivity contribution in [1.82, 2.24) is 9.13 Å². The Morgan fingerprint density at radius 2 is 1.06 bits per heavy atom. The summed E-state index contributed by atoms with van der Waals surface area (Å²) in [6.07, 6.45) is 0. The van der Waals surface area contributed by atoms with Crippen molar-refractivity contribution < 1.29 is 0 Å². The minimum absolute atomic E-state index is 0.483. The largest absolute Gasteiger partial charge is 0.309 e. The molecule has 0 aliphatic carbocycles. The van der Waals surface area contributed by atoms with E-state index in [-0.39, 0.29) is 0 Å². The molecule has 230 valence electrons. The quantitative estimate of drug-likeness (QED) is 0.181. The normalized spacial score (nSPS) is 11.1. The number of fused-ring (bicyclic) bond motifs is 6. The molecular weight excluding hydrogens is 611 g/mol. The highest BCUT2D eigenvalue weighted by molar-refractivity contribution is 6.11. The zero-order chi connectivity index (χ0) is 33.8. The first-order chi connectivity index (χ1) is 24.7. The molecule has 9 rings (SSSR count). The van der Waals surface area contributed by atoms with Gasteiger partial charge in [-0.05, 0) is 71.6 Å². The fraction of sp³-hybridized carbons (Fsp3) is 0. The van der Waals surface area contributed by atoms with E-state index < -0.39 is 0 Å². The summed E-state index contributed by atoms with van der Waals surface area (Å²) in [5.41, 5.74) is 10.9. The lowest BCUT2D eigenvalue weighted by molar-refractivity contribution is 1.18. The molecule has 7 aromatic carbocycles. The highest BCUT2D eigenvalue weighted by Crippen LogP contribution is 2.40. The van der Waals surface area contributed by atoms with E-state index in [9.17, 15) is 10.5 Å². The van der Waals surface area contributed by atoms with Gasteiger partial charge in [0.2, 0.25) is 0 Å². The molecule has 0 saturated carbocycles. The van der Waals surface area contributed by atoms with Crippen LogP contribution in [0.2, 0.25) is 0 Å². The first-order valence-electron chi connectivity index (χ1n) is 16.3. The summed E-state index contributed by atoms with van der Waals surface area (Å²) in [6.45, 7) is 7.57. The number of benzene rings is 7. The highest BCUT2D eigenvalue weighted by Gasteiger charge is 2.19. The lowest BCUT2D eigenvalue weighted by Gasteiger charge is -2.16. The van der Waals surface area contributed by atoms with Crippen LogP contribution in [0.25, 0.3) is 82.1 Å². The molecule has 2 aromatic heterocycles. The van der Waals surface area contributed by atoms with Gasteiger partial charge in [0.15, 0.2) is 5.69 Å². The molecule has 0 amide bonds. The second kappa shape index (κ2) is 11.4. The molecule has 0 aliphatic rings. The topological polar surface area (TPSA) is 61.8 Å². The molecule has 9 aromatic rings. The molecule has 5 nitrogen and oxygen atoms in total. The Morgan fingerprint density at radius 3 is 1.74 bits per heavy atom. The highest BCUT2D eigenvalue weighted by atomic mass is 15.0. The maximum atomic E-state index is 10.6. The van der Waals surface area contributed by atoms with Gasteiger partial charge in [-0.15, -0.1) is 0 Å². The van der Waals surface area contributed by atoms with E-state index in [1.807, 2.05) is 91.0 Å². The number of hydrogen-bond donors (Lipinski definition) is 0. The number of nitrogens with zero attached hydrogens (tertiary/aromatic N) is 5. The number of aromatic nitrogens is 2. The van der Waals surface area contributed by atoms with Crippen LogP contribution in [-0.2, 0) is 0 Å². The third-order valence-electron chi connectivity index (χ3n) is 9.63. The summed E-state index contributed by atoms with van der Waals surface area (Å²) in [4.78, 5) is 3.67. The van der Waals surface area contributed by atoms with Crippen LogP contribution in [0.3, 0.4) is 0 Å². The first-order valence-corrected chi connectivity index (χ1v) is 16.3. The maximum Gasteiger partial charge on any atom is 0.188 e. The van der Waals surface area contributed by atoms with Crippen molar-refractivity contribution in [1.29, 1.82) is 10.5 Å². The second-order valence-corrected chi connectivity index (χ2v) is 12.3. The molecule has 0 spiro atoms. The van der Waals surface area contributed by atoms with E-state index in [0.29, 0.717) is 27.9 Å². The van der Waals surface area contributed by atoms with Gasteiger partial charge in [0.05, 0.1) is 57.6 Å². The molecule has 0 unspecified atom stereocenters. The van der Waals surface area contributed by atoms with Gasteiger partial charge in [-0.3, -0.25) is 0 Å². The summed E-state index contributed by atoms with van der Waals surface area (Å²) < 4.78 is 4.45. The van der Waals surface area contributed by atoms with Crippen molar-refractivity contribution in [3.8, 4) is 45.8 Å². The Hall–Kier alpha value is -7.39. The van der Waals surface area contributed by atoms with Crippen LogP contribution in [0.15, 0.2) is 152 Å². The minimum Gasteiger partial charge on any atom is -0.309 e. The molecule has 0 aliphatic heterocycles. The molecule has 0 fully saturated rings. The van der Waals surface area contributed by atoms with Gasteiger partial charge in [0, 0.05) is 38.5 Å². The predicted molar refractivity (Wildman–Crippen MR) is 202 cm³/mol. The molecule has 0 radical (unpaired) electrons. The predicted octanol–water partition coefficient (Wildman–Crippen LogP) is 11.5. The van der Waals surface area contributed by atoms with Crippen molar-refractivity contribution in [3.05, 3.63) is 174 Å². The van der Waals surface area contributed by atoms with Gasteiger partial charge in [0.1, 0.15) is 0 Å². The third kappa shape index (κ3) is 4.31. The van der Waals surface area contributed by atoms with Crippen molar-refractivity contribution in [2.24, 2.45) is 0 Å². The average molecular weight is 636 g/mol. The van der Waals surface area contributed by atoms with Crippen LogP contribution >= 0.6 is 0 Å². The van der Waals surface area contributed by atoms with Gasteiger partial charge in [0.25, 0.3) is 0 Å². The van der Waals surface area contributed by atoms with Gasteiger partial charge in [-0.25, -0.2) is 4.85 Å². The zero-order valence-corrected chi connectivity index (χ0v) is 26.7. The van der Waals surface area contributed by atoms with Gasteiger partial charge < -0.3 is 9.13 Å². The molecule has 2 heterocycles. The van der Waals surface area contributed by atoms with Gasteiger partial charge in [-0.2, -0.15) is 10.5 Å². The van der Waals surface area contributed by atoms with Crippen molar-refractivity contribution in [3.63, 3.8) is 0 Å². The number of hydrogen-bond acceptors (Lipinski definition) is 2. The molecule has 50 heavy (non-hydrogen) atoms. The van der Waals surface area contributed by atoms with Crippen LogP contribution < -0.4 is 0 Å². The summed E-state index contributed by atoms with van der Waals surface area (Å²) in [5.74, 6) is 0. The Morgan fingerprint density at radius 1 is 0.460 bits per heavy atom.